The average molecular weight is 109 g/mol. The van der Waals surface area contributed by atoms with Gasteiger partial charge in [0, 0.05) is 0 Å². The fourth-order valence-electron chi connectivity index (χ4n) is 0.495. The second kappa shape index (κ2) is 1.95. The van der Waals surface area contributed by atoms with Crippen molar-refractivity contribution in [3.05, 3.63) is 35.6 Å². The molecule has 1 aromatic rings. The van der Waals surface area contributed by atoms with E-state index in [1.807, 2.05) is 0 Å². The van der Waals surface area contributed by atoms with Crippen LogP contribution in [0.4, 0.5) is 4.39 Å². The molecule has 1 heteroatoms. The maximum Gasteiger partial charge on any atom is 0.126 e. The molecule has 0 atom stereocenters. The van der Waals surface area contributed by atoms with Crippen LogP contribution in [0.25, 0.3) is 0 Å². The van der Waals surface area contributed by atoms with Crippen LogP contribution in [0.15, 0.2) is 18.2 Å². The lowest BCUT2D eigenvalue weighted by Crippen LogP contribution is -1.76. The number of halogens is 1. The number of hydrogen-bond acceptors (Lipinski definition) is 0. The molecule has 41 valence electrons. The van der Waals surface area contributed by atoms with Crippen molar-refractivity contribution in [2.24, 2.45) is 0 Å². The Labute approximate surface area is 48.0 Å². The first kappa shape index (κ1) is 5.29. The minimum absolute atomic E-state index is 0.163. The smallest absolute Gasteiger partial charge is 0.126 e. The molecule has 0 unspecified atom stereocenters. The second-order valence-electron chi connectivity index (χ2n) is 1.68. The van der Waals surface area contributed by atoms with Gasteiger partial charge in [0.25, 0.3) is 0 Å². The number of hydrogen-bond donors (Lipinski definition) is 0. The van der Waals surface area contributed by atoms with Crippen LogP contribution in [0, 0.1) is 18.8 Å². The van der Waals surface area contributed by atoms with Crippen molar-refractivity contribution >= 4 is 0 Å². The molecule has 0 amide bonds. The quantitative estimate of drug-likeness (QED) is 0.477. The predicted octanol–water partition coefficient (Wildman–Crippen LogP) is 1.93. The molecule has 0 aliphatic heterocycles. The molecule has 0 bridgehead atoms. The Bertz CT molecular complexity index is 160. The third-order valence-corrected chi connectivity index (χ3v) is 1.00. The lowest BCUT2D eigenvalue weighted by molar-refractivity contribution is 0.618. The molecule has 0 heterocycles. The Balaban J connectivity index is 3.13. The summed E-state index contributed by atoms with van der Waals surface area (Å²) >= 11 is 0. The van der Waals surface area contributed by atoms with E-state index in [9.17, 15) is 4.39 Å². The summed E-state index contributed by atoms with van der Waals surface area (Å²) in [6, 6.07) is 7.34. The van der Waals surface area contributed by atoms with Crippen LogP contribution in [0.1, 0.15) is 5.56 Å². The molecule has 0 saturated carbocycles. The first-order valence-electron chi connectivity index (χ1n) is 2.43. The van der Waals surface area contributed by atoms with Gasteiger partial charge in [0.2, 0.25) is 0 Å². The van der Waals surface area contributed by atoms with Gasteiger partial charge in [-0.2, -0.15) is 0 Å². The highest BCUT2D eigenvalue weighted by atomic mass is 19.1. The number of benzene rings is 1. The molecule has 0 aliphatic rings. The van der Waals surface area contributed by atoms with Crippen LogP contribution in [0.2, 0.25) is 0 Å². The highest BCUT2D eigenvalue weighted by Gasteiger charge is 1.89. The normalized spacial score (nSPS) is 9.25. The lowest BCUT2D eigenvalue weighted by Gasteiger charge is -1.88. The molecule has 0 aliphatic carbocycles. The van der Waals surface area contributed by atoms with Crippen molar-refractivity contribution in [3.63, 3.8) is 0 Å². The summed E-state index contributed by atoms with van der Waals surface area (Å²) in [6.45, 7) is 1.71. The van der Waals surface area contributed by atoms with Gasteiger partial charge in [-0.1, -0.05) is 6.07 Å². The van der Waals surface area contributed by atoms with Gasteiger partial charge in [0.15, 0.2) is 0 Å². The molecule has 0 spiro atoms. The molecule has 0 N–H and O–H groups in total. The Kier molecular flexibility index (Phi) is 1.29. The van der Waals surface area contributed by atoms with E-state index in [1.165, 1.54) is 6.07 Å². The third kappa shape index (κ3) is 0.861. The fourth-order valence-corrected chi connectivity index (χ4v) is 0.495. The van der Waals surface area contributed by atoms with Crippen LogP contribution >= 0.6 is 0 Å². The second-order valence-corrected chi connectivity index (χ2v) is 1.68. The van der Waals surface area contributed by atoms with Crippen molar-refractivity contribution in [3.8, 4) is 0 Å². The Hall–Kier alpha value is -0.850. The van der Waals surface area contributed by atoms with Crippen LogP contribution in [0.3, 0.4) is 0 Å². The highest BCUT2D eigenvalue weighted by molar-refractivity contribution is 5.13. The van der Waals surface area contributed by atoms with E-state index in [2.05, 4.69) is 6.07 Å². The van der Waals surface area contributed by atoms with Gasteiger partial charge in [-0.25, -0.2) is 4.39 Å². The maximum absolute atomic E-state index is 12.3. The monoisotopic (exact) mass is 109 g/mol. The lowest BCUT2D eigenvalue weighted by atomic mass is 10.2. The van der Waals surface area contributed by atoms with Gasteiger partial charge >= 0.3 is 0 Å². The third-order valence-electron chi connectivity index (χ3n) is 1.00. The predicted molar refractivity (Wildman–Crippen MR) is 30.0 cm³/mol. The Morgan fingerprint density at radius 1 is 1.62 bits per heavy atom. The van der Waals surface area contributed by atoms with E-state index >= 15 is 0 Å². The van der Waals surface area contributed by atoms with E-state index in [-0.39, 0.29) is 5.82 Å². The Morgan fingerprint density at radius 2 is 2.38 bits per heavy atom. The van der Waals surface area contributed by atoms with Gasteiger partial charge in [0.1, 0.15) is 5.82 Å². The first-order valence-corrected chi connectivity index (χ1v) is 2.43. The largest absolute Gasteiger partial charge is 0.207 e. The van der Waals surface area contributed by atoms with Crippen molar-refractivity contribution in [2.75, 3.05) is 0 Å². The van der Waals surface area contributed by atoms with Crippen LogP contribution in [-0.4, -0.2) is 0 Å². The standard InChI is InChI=1S/C7H6F/c1-6-4-2-3-5-7(6)8/h3-5H,1H3. The molecule has 0 nitrogen and oxygen atoms in total. The summed E-state index contributed by atoms with van der Waals surface area (Å²) in [5.41, 5.74) is 0.646. The van der Waals surface area contributed by atoms with Gasteiger partial charge in [-0.3, -0.25) is 0 Å². The summed E-state index contributed by atoms with van der Waals surface area (Å²) in [7, 11) is 0. The van der Waals surface area contributed by atoms with Gasteiger partial charge in [-0.05, 0) is 30.7 Å². The van der Waals surface area contributed by atoms with Crippen molar-refractivity contribution in [1.29, 1.82) is 0 Å². The average Bonchev–Trinajstić information content (AvgIpc) is 1.77. The van der Waals surface area contributed by atoms with Crippen LogP contribution < -0.4 is 0 Å². The van der Waals surface area contributed by atoms with Crippen molar-refractivity contribution in [1.82, 2.24) is 0 Å². The summed E-state index contributed by atoms with van der Waals surface area (Å²) in [5, 5.41) is 0. The zero-order chi connectivity index (χ0) is 5.98. The van der Waals surface area contributed by atoms with E-state index < -0.39 is 0 Å². The summed E-state index contributed by atoms with van der Waals surface area (Å²) in [5.74, 6) is -0.163. The zero-order valence-corrected chi connectivity index (χ0v) is 4.61. The van der Waals surface area contributed by atoms with Crippen LogP contribution in [-0.2, 0) is 0 Å². The fraction of sp³-hybridized carbons (Fsp3) is 0.143. The van der Waals surface area contributed by atoms with Crippen molar-refractivity contribution < 1.29 is 4.39 Å². The topological polar surface area (TPSA) is 0 Å². The molecular formula is C7H6F. The van der Waals surface area contributed by atoms with Crippen molar-refractivity contribution in [2.45, 2.75) is 6.92 Å². The molecule has 0 fully saturated rings. The molecule has 1 rings (SSSR count). The number of rotatable bonds is 0. The summed E-state index contributed by atoms with van der Waals surface area (Å²) in [6.07, 6.45) is 0. The molecular weight excluding hydrogens is 103 g/mol. The van der Waals surface area contributed by atoms with Crippen LogP contribution in [0.5, 0.6) is 0 Å². The molecule has 0 aromatic heterocycles. The minimum Gasteiger partial charge on any atom is -0.207 e. The van der Waals surface area contributed by atoms with Gasteiger partial charge in [-0.15, -0.1) is 0 Å². The SMILES string of the molecule is Cc1c[c]ccc1F. The number of aryl methyl sites for hydroxylation is 1. The molecule has 8 heavy (non-hydrogen) atoms. The zero-order valence-electron chi connectivity index (χ0n) is 4.61. The van der Waals surface area contributed by atoms with E-state index in [1.54, 1.807) is 19.1 Å². The first-order chi connectivity index (χ1) is 3.80. The van der Waals surface area contributed by atoms with E-state index in [4.69, 9.17) is 0 Å². The molecule has 1 radical (unpaired) electrons. The van der Waals surface area contributed by atoms with Gasteiger partial charge in [0.05, 0.1) is 0 Å². The van der Waals surface area contributed by atoms with Gasteiger partial charge < -0.3 is 0 Å². The van der Waals surface area contributed by atoms with E-state index in [0.717, 1.165) is 0 Å². The molecule has 1 aromatic carbocycles. The highest BCUT2D eigenvalue weighted by Crippen LogP contribution is 2.01. The maximum atomic E-state index is 12.3. The van der Waals surface area contributed by atoms with E-state index in [0.29, 0.717) is 5.56 Å². The molecule has 0 saturated heterocycles. The minimum atomic E-state index is -0.163. The summed E-state index contributed by atoms with van der Waals surface area (Å²) in [4.78, 5) is 0. The Morgan fingerprint density at radius 3 is 2.75 bits per heavy atom. The summed E-state index contributed by atoms with van der Waals surface area (Å²) < 4.78 is 12.3.